The highest BCUT2D eigenvalue weighted by atomic mass is 16.7. The van der Waals surface area contributed by atoms with Gasteiger partial charge in [0, 0.05) is 25.4 Å². The summed E-state index contributed by atoms with van der Waals surface area (Å²) in [4.78, 5) is 15.8. The van der Waals surface area contributed by atoms with Crippen LogP contribution in [0.3, 0.4) is 0 Å². The maximum absolute atomic E-state index is 11.9. The molecule has 1 amide bonds. The average molecular weight is 264 g/mol. The van der Waals surface area contributed by atoms with E-state index in [0.29, 0.717) is 25.3 Å². The summed E-state index contributed by atoms with van der Waals surface area (Å²) in [6.07, 6.45) is 3.97. The van der Waals surface area contributed by atoms with Crippen LogP contribution in [0.25, 0.3) is 0 Å². The Hall–Kier alpha value is -1.46. The van der Waals surface area contributed by atoms with Crippen molar-refractivity contribution in [1.29, 1.82) is 0 Å². The van der Waals surface area contributed by atoms with Gasteiger partial charge >= 0.3 is 0 Å². The predicted molar refractivity (Wildman–Crippen MR) is 70.7 cm³/mol. The molecule has 0 aromatic carbocycles. The number of hydrogen-bond acceptors (Lipinski definition) is 4. The number of ether oxygens (including phenoxy) is 2. The first-order valence-electron chi connectivity index (χ1n) is 6.55. The van der Waals surface area contributed by atoms with Gasteiger partial charge in [-0.25, -0.2) is 0 Å². The molecular formula is C14H20N2O3. The van der Waals surface area contributed by atoms with E-state index in [9.17, 15) is 4.79 Å². The Bertz CT molecular complexity index is 416. The van der Waals surface area contributed by atoms with Crippen LogP contribution in [-0.2, 0) is 9.47 Å². The summed E-state index contributed by atoms with van der Waals surface area (Å²) in [5, 5.41) is 2.90. The Balaban J connectivity index is 1.77. The summed E-state index contributed by atoms with van der Waals surface area (Å²) >= 11 is 0. The van der Waals surface area contributed by atoms with E-state index in [1.54, 1.807) is 24.5 Å². The van der Waals surface area contributed by atoms with Crippen LogP contribution in [0.2, 0.25) is 0 Å². The van der Waals surface area contributed by atoms with E-state index in [1.165, 1.54) is 0 Å². The largest absolute Gasteiger partial charge is 0.352 e. The Morgan fingerprint density at radius 1 is 1.53 bits per heavy atom. The second-order valence-corrected chi connectivity index (χ2v) is 5.09. The molecule has 1 aliphatic heterocycles. The molecule has 1 N–H and O–H groups in total. The van der Waals surface area contributed by atoms with Gasteiger partial charge in [0.05, 0.1) is 18.8 Å². The SMILES string of the molecule is C[C@H](CNC(=O)c1cccnc1)CC1(C)OCCO1. The summed E-state index contributed by atoms with van der Waals surface area (Å²) in [6, 6.07) is 3.50. The predicted octanol–water partition coefficient (Wildman–Crippen LogP) is 1.60. The fraction of sp³-hybridized carbons (Fsp3) is 0.571. The fourth-order valence-corrected chi connectivity index (χ4v) is 2.25. The molecule has 5 heteroatoms. The molecule has 104 valence electrons. The van der Waals surface area contributed by atoms with Crippen molar-refractivity contribution in [2.75, 3.05) is 19.8 Å². The minimum atomic E-state index is -0.502. The van der Waals surface area contributed by atoms with Gasteiger partial charge < -0.3 is 14.8 Å². The van der Waals surface area contributed by atoms with Gasteiger partial charge in [-0.1, -0.05) is 6.92 Å². The highest BCUT2D eigenvalue weighted by Gasteiger charge is 2.32. The number of hydrogen-bond donors (Lipinski definition) is 1. The number of rotatable bonds is 5. The Labute approximate surface area is 113 Å². The van der Waals surface area contributed by atoms with Crippen molar-refractivity contribution < 1.29 is 14.3 Å². The lowest BCUT2D eigenvalue weighted by atomic mass is 10.0. The van der Waals surface area contributed by atoms with Gasteiger partial charge in [0.1, 0.15) is 0 Å². The second-order valence-electron chi connectivity index (χ2n) is 5.09. The maximum atomic E-state index is 11.9. The monoisotopic (exact) mass is 264 g/mol. The molecule has 0 saturated carbocycles. The van der Waals surface area contributed by atoms with E-state index in [1.807, 2.05) is 6.92 Å². The molecule has 1 fully saturated rings. The van der Waals surface area contributed by atoms with E-state index in [2.05, 4.69) is 17.2 Å². The molecule has 2 heterocycles. The molecule has 1 saturated heterocycles. The highest BCUT2D eigenvalue weighted by molar-refractivity contribution is 5.93. The zero-order chi connectivity index (χ0) is 13.7. The van der Waals surface area contributed by atoms with Gasteiger partial charge in [-0.15, -0.1) is 0 Å². The van der Waals surface area contributed by atoms with Crippen molar-refractivity contribution in [2.45, 2.75) is 26.1 Å². The lowest BCUT2D eigenvalue weighted by Gasteiger charge is -2.26. The summed E-state index contributed by atoms with van der Waals surface area (Å²) in [6.45, 7) is 5.89. The molecule has 0 spiro atoms. The first-order valence-corrected chi connectivity index (χ1v) is 6.55. The number of aromatic nitrogens is 1. The Kier molecular flexibility index (Phi) is 4.50. The van der Waals surface area contributed by atoms with Gasteiger partial charge in [0.2, 0.25) is 0 Å². The lowest BCUT2D eigenvalue weighted by Crippen LogP contribution is -2.34. The number of carbonyl (C=O) groups excluding carboxylic acids is 1. The molecule has 1 atom stereocenters. The zero-order valence-electron chi connectivity index (χ0n) is 11.4. The third-order valence-electron chi connectivity index (χ3n) is 3.15. The first kappa shape index (κ1) is 14.0. The number of nitrogens with one attached hydrogen (secondary N) is 1. The van der Waals surface area contributed by atoms with Gasteiger partial charge in [0.15, 0.2) is 5.79 Å². The third-order valence-corrected chi connectivity index (χ3v) is 3.15. The second kappa shape index (κ2) is 6.12. The van der Waals surface area contributed by atoms with Crippen molar-refractivity contribution in [2.24, 2.45) is 5.92 Å². The van der Waals surface area contributed by atoms with E-state index in [4.69, 9.17) is 9.47 Å². The maximum Gasteiger partial charge on any atom is 0.252 e. The third kappa shape index (κ3) is 4.01. The van der Waals surface area contributed by atoms with Gasteiger partial charge in [-0.2, -0.15) is 0 Å². The van der Waals surface area contributed by atoms with Crippen LogP contribution in [0.15, 0.2) is 24.5 Å². The molecule has 0 bridgehead atoms. The van der Waals surface area contributed by atoms with Crippen molar-refractivity contribution >= 4 is 5.91 Å². The summed E-state index contributed by atoms with van der Waals surface area (Å²) < 4.78 is 11.1. The van der Waals surface area contributed by atoms with Crippen LogP contribution in [0.1, 0.15) is 30.6 Å². The molecule has 0 aliphatic carbocycles. The van der Waals surface area contributed by atoms with Crippen molar-refractivity contribution in [3.63, 3.8) is 0 Å². The van der Waals surface area contributed by atoms with Gasteiger partial charge in [-0.05, 0) is 25.0 Å². The van der Waals surface area contributed by atoms with Crippen LogP contribution in [-0.4, -0.2) is 36.4 Å². The Morgan fingerprint density at radius 3 is 2.89 bits per heavy atom. The molecule has 5 nitrogen and oxygen atoms in total. The normalized spacial score (nSPS) is 19.1. The lowest BCUT2D eigenvalue weighted by molar-refractivity contribution is -0.153. The van der Waals surface area contributed by atoms with E-state index in [0.717, 1.165) is 6.42 Å². The first-order chi connectivity index (χ1) is 9.09. The number of pyridine rings is 1. The van der Waals surface area contributed by atoms with E-state index < -0.39 is 5.79 Å². The van der Waals surface area contributed by atoms with Crippen molar-refractivity contribution in [3.8, 4) is 0 Å². The molecule has 1 aliphatic rings. The van der Waals surface area contributed by atoms with Crippen molar-refractivity contribution in [3.05, 3.63) is 30.1 Å². The summed E-state index contributed by atoms with van der Waals surface area (Å²) in [7, 11) is 0. The molecule has 0 unspecified atom stereocenters. The minimum Gasteiger partial charge on any atom is -0.352 e. The number of amides is 1. The standard InChI is InChI=1S/C14H20N2O3/c1-11(8-14(2)18-6-7-19-14)9-16-13(17)12-4-3-5-15-10-12/h3-5,10-11H,6-9H2,1-2H3,(H,16,17)/t11-/m0/s1. The number of nitrogens with zero attached hydrogens (tertiary/aromatic N) is 1. The van der Waals surface area contributed by atoms with Crippen LogP contribution < -0.4 is 5.32 Å². The molecule has 2 rings (SSSR count). The molecule has 1 aromatic heterocycles. The minimum absolute atomic E-state index is 0.0987. The molecule has 19 heavy (non-hydrogen) atoms. The van der Waals surface area contributed by atoms with Crippen LogP contribution in [0.5, 0.6) is 0 Å². The zero-order valence-corrected chi connectivity index (χ0v) is 11.4. The number of carbonyl (C=O) groups is 1. The van der Waals surface area contributed by atoms with Gasteiger partial charge in [-0.3, -0.25) is 9.78 Å². The molecule has 1 aromatic rings. The molecule has 0 radical (unpaired) electrons. The summed E-state index contributed by atoms with van der Waals surface area (Å²) in [5.41, 5.74) is 0.578. The van der Waals surface area contributed by atoms with Crippen LogP contribution in [0.4, 0.5) is 0 Å². The smallest absolute Gasteiger partial charge is 0.252 e. The summed E-state index contributed by atoms with van der Waals surface area (Å²) in [5.74, 6) is -0.319. The Morgan fingerprint density at radius 2 is 2.26 bits per heavy atom. The quantitative estimate of drug-likeness (QED) is 0.877. The topological polar surface area (TPSA) is 60.5 Å². The van der Waals surface area contributed by atoms with E-state index in [-0.39, 0.29) is 11.8 Å². The van der Waals surface area contributed by atoms with Crippen LogP contribution in [0, 0.1) is 5.92 Å². The van der Waals surface area contributed by atoms with Gasteiger partial charge in [0.25, 0.3) is 5.91 Å². The fourth-order valence-electron chi connectivity index (χ4n) is 2.25. The average Bonchev–Trinajstić information content (AvgIpc) is 2.83. The van der Waals surface area contributed by atoms with E-state index >= 15 is 0 Å². The van der Waals surface area contributed by atoms with Crippen molar-refractivity contribution in [1.82, 2.24) is 10.3 Å². The highest BCUT2D eigenvalue weighted by Crippen LogP contribution is 2.26. The molecular weight excluding hydrogens is 244 g/mol. The van der Waals surface area contributed by atoms with Crippen LogP contribution >= 0.6 is 0 Å².